The van der Waals surface area contributed by atoms with Crippen molar-refractivity contribution < 1.29 is 8.42 Å². The number of nitrogens with zero attached hydrogens (tertiary/aromatic N) is 1. The Balaban J connectivity index is 2.99. The van der Waals surface area contributed by atoms with Crippen LogP contribution in [-0.2, 0) is 15.6 Å². The van der Waals surface area contributed by atoms with Gasteiger partial charge in [-0.2, -0.15) is 12.7 Å². The van der Waals surface area contributed by atoms with Crippen LogP contribution >= 0.6 is 0 Å². The lowest BCUT2D eigenvalue weighted by molar-refractivity contribution is 0.468. The van der Waals surface area contributed by atoms with E-state index in [9.17, 15) is 8.42 Å². The number of para-hydroxylation sites is 1. The van der Waals surface area contributed by atoms with Gasteiger partial charge in [-0.05, 0) is 30.0 Å². The van der Waals surface area contributed by atoms with Crippen molar-refractivity contribution >= 4 is 15.9 Å². The first-order valence-corrected chi connectivity index (χ1v) is 8.16. The molecule has 1 aromatic rings. The van der Waals surface area contributed by atoms with E-state index in [1.807, 2.05) is 18.2 Å². The molecule has 0 aliphatic carbocycles. The monoisotopic (exact) mass is 299 g/mol. The van der Waals surface area contributed by atoms with Gasteiger partial charge in [-0.1, -0.05) is 39.0 Å². The van der Waals surface area contributed by atoms with Crippen LogP contribution in [0.5, 0.6) is 0 Å². The molecule has 0 aromatic heterocycles. The molecule has 0 unspecified atom stereocenters. The van der Waals surface area contributed by atoms with Gasteiger partial charge in [-0.3, -0.25) is 4.72 Å². The summed E-state index contributed by atoms with van der Waals surface area (Å²) in [5.74, 6) is 0. The number of hydrogen-bond acceptors (Lipinski definition) is 3. The summed E-state index contributed by atoms with van der Waals surface area (Å²) in [5.41, 5.74) is 6.87. The molecule has 3 N–H and O–H groups in total. The van der Waals surface area contributed by atoms with Crippen molar-refractivity contribution in [3.63, 3.8) is 0 Å². The molecular weight excluding hydrogens is 274 g/mol. The zero-order chi connectivity index (χ0) is 15.4. The van der Waals surface area contributed by atoms with Gasteiger partial charge in [0.05, 0.1) is 5.69 Å². The van der Waals surface area contributed by atoms with E-state index in [-0.39, 0.29) is 5.41 Å². The molecule has 5 nitrogen and oxygen atoms in total. The highest BCUT2D eigenvalue weighted by atomic mass is 32.2. The average molecular weight is 299 g/mol. The van der Waals surface area contributed by atoms with Crippen LogP contribution in [0.2, 0.25) is 0 Å². The maximum Gasteiger partial charge on any atom is 0.301 e. The van der Waals surface area contributed by atoms with Crippen molar-refractivity contribution in [3.8, 4) is 0 Å². The Labute approximate surface area is 122 Å². The zero-order valence-corrected chi connectivity index (χ0v) is 13.5. The van der Waals surface area contributed by atoms with E-state index >= 15 is 0 Å². The van der Waals surface area contributed by atoms with Gasteiger partial charge in [0, 0.05) is 13.6 Å². The first kappa shape index (κ1) is 16.9. The second kappa shape index (κ2) is 6.56. The van der Waals surface area contributed by atoms with Crippen LogP contribution in [-0.4, -0.2) is 32.9 Å². The molecule has 0 bridgehead atoms. The molecule has 0 amide bonds. The van der Waals surface area contributed by atoms with Gasteiger partial charge in [0.2, 0.25) is 0 Å². The van der Waals surface area contributed by atoms with E-state index in [4.69, 9.17) is 5.73 Å². The predicted octanol–water partition coefficient (Wildman–Crippen LogP) is 1.92. The highest BCUT2D eigenvalue weighted by Crippen LogP contribution is 2.30. The lowest BCUT2D eigenvalue weighted by atomic mass is 9.86. The SMILES string of the molecule is CN(CCCN)S(=O)(=O)Nc1ccccc1C(C)(C)C. The Morgan fingerprint density at radius 2 is 1.85 bits per heavy atom. The summed E-state index contributed by atoms with van der Waals surface area (Å²) in [5, 5.41) is 0. The summed E-state index contributed by atoms with van der Waals surface area (Å²) < 4.78 is 28.5. The molecule has 20 heavy (non-hydrogen) atoms. The third-order valence-corrected chi connectivity index (χ3v) is 4.54. The van der Waals surface area contributed by atoms with E-state index in [0.29, 0.717) is 25.2 Å². The third kappa shape index (κ3) is 4.47. The molecule has 0 aliphatic rings. The molecule has 0 spiro atoms. The van der Waals surface area contributed by atoms with Crippen LogP contribution in [0.4, 0.5) is 5.69 Å². The Bertz CT molecular complexity index is 536. The first-order chi connectivity index (χ1) is 9.18. The Hall–Kier alpha value is -1.11. The number of hydrogen-bond donors (Lipinski definition) is 2. The van der Waals surface area contributed by atoms with Crippen molar-refractivity contribution in [1.82, 2.24) is 4.31 Å². The lowest BCUT2D eigenvalue weighted by Gasteiger charge is -2.25. The smallest absolute Gasteiger partial charge is 0.301 e. The Morgan fingerprint density at radius 1 is 1.25 bits per heavy atom. The minimum absolute atomic E-state index is 0.130. The number of rotatable bonds is 6. The minimum Gasteiger partial charge on any atom is -0.330 e. The molecule has 0 atom stereocenters. The number of benzene rings is 1. The Morgan fingerprint density at radius 3 is 2.40 bits per heavy atom. The maximum atomic E-state index is 12.3. The second-order valence-corrected chi connectivity index (χ2v) is 7.64. The standard InChI is InChI=1S/C14H25N3O2S/c1-14(2,3)12-8-5-6-9-13(12)16-20(18,19)17(4)11-7-10-15/h5-6,8-9,16H,7,10-11,15H2,1-4H3. The molecule has 0 saturated carbocycles. The van der Waals surface area contributed by atoms with Crippen LogP contribution in [0.1, 0.15) is 32.8 Å². The first-order valence-electron chi connectivity index (χ1n) is 6.72. The largest absolute Gasteiger partial charge is 0.330 e. The fraction of sp³-hybridized carbons (Fsp3) is 0.571. The van der Waals surface area contributed by atoms with Crippen LogP contribution < -0.4 is 10.5 Å². The second-order valence-electron chi connectivity index (χ2n) is 5.87. The molecule has 0 heterocycles. The van der Waals surface area contributed by atoms with Crippen LogP contribution in [0.15, 0.2) is 24.3 Å². The van der Waals surface area contributed by atoms with Crippen molar-refractivity contribution in [3.05, 3.63) is 29.8 Å². The van der Waals surface area contributed by atoms with Crippen molar-refractivity contribution in [2.24, 2.45) is 5.73 Å². The molecular formula is C14H25N3O2S. The summed E-state index contributed by atoms with van der Waals surface area (Å²) in [6, 6.07) is 7.47. The molecule has 0 aliphatic heterocycles. The third-order valence-electron chi connectivity index (χ3n) is 3.06. The summed E-state index contributed by atoms with van der Waals surface area (Å²) >= 11 is 0. The molecule has 0 radical (unpaired) electrons. The van der Waals surface area contributed by atoms with Gasteiger partial charge in [-0.25, -0.2) is 0 Å². The summed E-state index contributed by atoms with van der Waals surface area (Å²) in [6.45, 7) is 7.04. The quantitative estimate of drug-likeness (QED) is 0.842. The van der Waals surface area contributed by atoms with E-state index in [0.717, 1.165) is 5.56 Å². The van der Waals surface area contributed by atoms with Gasteiger partial charge in [0.1, 0.15) is 0 Å². The zero-order valence-electron chi connectivity index (χ0n) is 12.7. The van der Waals surface area contributed by atoms with Gasteiger partial charge >= 0.3 is 10.2 Å². The normalized spacial score (nSPS) is 12.7. The van der Waals surface area contributed by atoms with Crippen LogP contribution in [0.25, 0.3) is 0 Å². The highest BCUT2D eigenvalue weighted by Gasteiger charge is 2.22. The molecule has 6 heteroatoms. The number of anilines is 1. The van der Waals surface area contributed by atoms with E-state index in [2.05, 4.69) is 25.5 Å². The van der Waals surface area contributed by atoms with Gasteiger partial charge in [-0.15, -0.1) is 0 Å². The van der Waals surface area contributed by atoms with Gasteiger partial charge < -0.3 is 5.73 Å². The summed E-state index contributed by atoms with van der Waals surface area (Å²) in [4.78, 5) is 0. The highest BCUT2D eigenvalue weighted by molar-refractivity contribution is 7.90. The number of nitrogens with two attached hydrogens (primary N) is 1. The molecule has 0 fully saturated rings. The summed E-state index contributed by atoms with van der Waals surface area (Å²) in [6.07, 6.45) is 0.637. The van der Waals surface area contributed by atoms with Crippen molar-refractivity contribution in [2.45, 2.75) is 32.6 Å². The maximum absolute atomic E-state index is 12.3. The molecule has 1 aromatic carbocycles. The fourth-order valence-electron chi connectivity index (χ4n) is 1.88. The Kier molecular flexibility index (Phi) is 5.56. The van der Waals surface area contributed by atoms with E-state index in [1.54, 1.807) is 13.1 Å². The van der Waals surface area contributed by atoms with Gasteiger partial charge in [0.25, 0.3) is 0 Å². The summed E-state index contributed by atoms with van der Waals surface area (Å²) in [7, 11) is -1.99. The minimum atomic E-state index is -3.54. The van der Waals surface area contributed by atoms with Crippen LogP contribution in [0, 0.1) is 0 Å². The lowest BCUT2D eigenvalue weighted by Crippen LogP contribution is -2.34. The van der Waals surface area contributed by atoms with Crippen molar-refractivity contribution in [1.29, 1.82) is 0 Å². The average Bonchev–Trinajstić information content (AvgIpc) is 2.34. The predicted molar refractivity (Wildman–Crippen MR) is 84.0 cm³/mol. The molecule has 114 valence electrons. The van der Waals surface area contributed by atoms with Crippen LogP contribution in [0.3, 0.4) is 0 Å². The van der Waals surface area contributed by atoms with E-state index in [1.165, 1.54) is 4.31 Å². The van der Waals surface area contributed by atoms with E-state index < -0.39 is 10.2 Å². The van der Waals surface area contributed by atoms with Gasteiger partial charge in [0.15, 0.2) is 0 Å². The van der Waals surface area contributed by atoms with Crippen molar-refractivity contribution in [2.75, 3.05) is 24.9 Å². The molecule has 0 saturated heterocycles. The molecule has 1 rings (SSSR count). The number of nitrogens with one attached hydrogen (secondary N) is 1. The fourth-order valence-corrected chi connectivity index (χ4v) is 2.86. The topological polar surface area (TPSA) is 75.4 Å².